The number of fused-ring (bicyclic) bond motifs is 1. The van der Waals surface area contributed by atoms with Crippen LogP contribution in [0.1, 0.15) is 40.0 Å². The van der Waals surface area contributed by atoms with E-state index in [9.17, 15) is 9.59 Å². The summed E-state index contributed by atoms with van der Waals surface area (Å²) in [4.78, 5) is 24.2. The second kappa shape index (κ2) is 7.08. The van der Waals surface area contributed by atoms with Crippen molar-refractivity contribution in [1.29, 1.82) is 0 Å². The van der Waals surface area contributed by atoms with Crippen molar-refractivity contribution in [3.05, 3.63) is 35.3 Å². The fourth-order valence-electron chi connectivity index (χ4n) is 3.78. The first-order valence-corrected chi connectivity index (χ1v) is 9.38. The van der Waals surface area contributed by atoms with Crippen molar-refractivity contribution in [3.63, 3.8) is 0 Å². The van der Waals surface area contributed by atoms with E-state index in [1.807, 2.05) is 19.3 Å². The molecule has 0 spiro atoms. The molecular formula is C19H26O3S. The average Bonchev–Trinajstić information content (AvgIpc) is 2.49. The zero-order chi connectivity index (χ0) is 17.2. The van der Waals surface area contributed by atoms with Crippen LogP contribution in [-0.4, -0.2) is 24.1 Å². The highest BCUT2D eigenvalue weighted by molar-refractivity contribution is 8.01. The normalized spacial score (nSPS) is 34.0. The molecule has 1 saturated carbocycles. The molecule has 2 aliphatic rings. The summed E-state index contributed by atoms with van der Waals surface area (Å²) < 4.78 is 5.67. The van der Waals surface area contributed by atoms with Gasteiger partial charge in [-0.25, -0.2) is 4.79 Å². The molecule has 0 amide bonds. The molecular weight excluding hydrogens is 308 g/mol. The maximum absolute atomic E-state index is 12.3. The van der Waals surface area contributed by atoms with Crippen LogP contribution in [-0.2, 0) is 14.3 Å². The van der Waals surface area contributed by atoms with Gasteiger partial charge in [0.05, 0.1) is 0 Å². The van der Waals surface area contributed by atoms with Crippen molar-refractivity contribution >= 4 is 23.5 Å². The highest BCUT2D eigenvalue weighted by Crippen LogP contribution is 2.52. The summed E-state index contributed by atoms with van der Waals surface area (Å²) in [5.41, 5.74) is 2.02. The molecule has 4 unspecified atom stereocenters. The molecule has 0 heterocycles. The van der Waals surface area contributed by atoms with Gasteiger partial charge in [0.15, 0.2) is 5.78 Å². The van der Waals surface area contributed by atoms with Crippen LogP contribution in [0, 0.1) is 17.3 Å². The van der Waals surface area contributed by atoms with E-state index < -0.39 is 0 Å². The summed E-state index contributed by atoms with van der Waals surface area (Å²) in [6.45, 7) is 10.2. The molecule has 0 aromatic carbocycles. The van der Waals surface area contributed by atoms with Crippen LogP contribution in [0.2, 0.25) is 0 Å². The predicted octanol–water partition coefficient (Wildman–Crippen LogP) is 4.30. The number of rotatable bonds is 4. The smallest absolute Gasteiger partial charge is 0.331 e. The number of ketones is 1. The maximum Gasteiger partial charge on any atom is 0.331 e. The Morgan fingerprint density at radius 3 is 2.83 bits per heavy atom. The van der Waals surface area contributed by atoms with Gasteiger partial charge in [-0.15, -0.1) is 11.8 Å². The van der Waals surface area contributed by atoms with Crippen LogP contribution in [0.3, 0.4) is 0 Å². The molecule has 2 rings (SSSR count). The van der Waals surface area contributed by atoms with Gasteiger partial charge in [0.2, 0.25) is 0 Å². The third kappa shape index (κ3) is 3.63. The molecule has 4 atom stereocenters. The number of allylic oxidation sites excluding steroid dienone is 3. The lowest BCUT2D eigenvalue weighted by atomic mass is 9.57. The molecule has 3 nitrogen and oxygen atoms in total. The first kappa shape index (κ1) is 18.1. The van der Waals surface area contributed by atoms with Crippen molar-refractivity contribution in [2.75, 3.05) is 6.26 Å². The number of carbonyl (C=O) groups excluding carboxylic acids is 2. The number of hydrogen-bond acceptors (Lipinski definition) is 4. The Balaban J connectivity index is 2.20. The Hall–Kier alpha value is -1.29. The predicted molar refractivity (Wildman–Crippen MR) is 95.1 cm³/mol. The van der Waals surface area contributed by atoms with E-state index in [2.05, 4.69) is 20.4 Å². The van der Waals surface area contributed by atoms with E-state index in [1.54, 1.807) is 5.41 Å². The number of esters is 1. The summed E-state index contributed by atoms with van der Waals surface area (Å²) in [7, 11) is 0. The minimum absolute atomic E-state index is 0.102. The first-order chi connectivity index (χ1) is 10.8. The van der Waals surface area contributed by atoms with Gasteiger partial charge in [0.1, 0.15) is 6.10 Å². The van der Waals surface area contributed by atoms with Crippen LogP contribution in [0.4, 0.5) is 0 Å². The van der Waals surface area contributed by atoms with E-state index in [0.717, 1.165) is 24.8 Å². The topological polar surface area (TPSA) is 43.4 Å². The van der Waals surface area contributed by atoms with Crippen molar-refractivity contribution in [2.45, 2.75) is 46.1 Å². The fraction of sp³-hybridized carbons (Fsp3) is 0.579. The lowest BCUT2D eigenvalue weighted by Crippen LogP contribution is -2.46. The Kier molecular flexibility index (Phi) is 5.56. The van der Waals surface area contributed by atoms with Gasteiger partial charge in [-0.2, -0.15) is 0 Å². The number of thioether (sulfide) groups is 1. The van der Waals surface area contributed by atoms with Gasteiger partial charge in [-0.1, -0.05) is 31.6 Å². The van der Waals surface area contributed by atoms with Crippen LogP contribution in [0.5, 0.6) is 0 Å². The van der Waals surface area contributed by atoms with Gasteiger partial charge < -0.3 is 4.74 Å². The van der Waals surface area contributed by atoms with E-state index >= 15 is 0 Å². The summed E-state index contributed by atoms with van der Waals surface area (Å²) >= 11 is 1.48. The van der Waals surface area contributed by atoms with Gasteiger partial charge in [0, 0.05) is 17.9 Å². The standard InChI is InChI=1S/C19H26O3S/c1-12(2)15-11-19(4)13(3)17(22-18(21)8-9-23-5)7-6-14(19)10-16(15)20/h8-10,13,15,17H,1,6-7,11H2,2-5H3/b9-8+. The van der Waals surface area contributed by atoms with E-state index in [1.165, 1.54) is 23.4 Å². The van der Waals surface area contributed by atoms with E-state index in [0.29, 0.717) is 0 Å². The maximum atomic E-state index is 12.3. The zero-order valence-corrected chi connectivity index (χ0v) is 15.2. The summed E-state index contributed by atoms with van der Waals surface area (Å²) in [5.74, 6) is -0.0350. The summed E-state index contributed by atoms with van der Waals surface area (Å²) in [5, 5.41) is 1.74. The van der Waals surface area contributed by atoms with Crippen LogP contribution < -0.4 is 0 Å². The molecule has 2 aliphatic carbocycles. The van der Waals surface area contributed by atoms with E-state index in [4.69, 9.17) is 4.74 Å². The Bertz CT molecular complexity index is 575. The molecule has 126 valence electrons. The third-order valence-electron chi connectivity index (χ3n) is 5.49. The Labute approximate surface area is 143 Å². The third-order valence-corrected chi connectivity index (χ3v) is 5.89. The minimum Gasteiger partial charge on any atom is -0.459 e. The fourth-order valence-corrected chi connectivity index (χ4v) is 4.02. The molecule has 0 N–H and O–H groups in total. The molecule has 0 saturated heterocycles. The monoisotopic (exact) mass is 334 g/mol. The summed E-state index contributed by atoms with van der Waals surface area (Å²) in [6.07, 6.45) is 7.48. The highest BCUT2D eigenvalue weighted by atomic mass is 32.2. The van der Waals surface area contributed by atoms with Crippen molar-refractivity contribution < 1.29 is 14.3 Å². The molecule has 23 heavy (non-hydrogen) atoms. The number of ether oxygens (including phenoxy) is 1. The summed E-state index contributed by atoms with van der Waals surface area (Å²) in [6, 6.07) is 0. The van der Waals surface area contributed by atoms with Crippen LogP contribution in [0.25, 0.3) is 0 Å². The van der Waals surface area contributed by atoms with E-state index in [-0.39, 0.29) is 35.1 Å². The van der Waals surface area contributed by atoms with Gasteiger partial charge in [-0.05, 0) is 49.3 Å². The Morgan fingerprint density at radius 2 is 2.22 bits per heavy atom. The molecule has 0 aliphatic heterocycles. The van der Waals surface area contributed by atoms with Crippen LogP contribution in [0.15, 0.2) is 35.3 Å². The van der Waals surface area contributed by atoms with Crippen molar-refractivity contribution in [3.8, 4) is 0 Å². The average molecular weight is 334 g/mol. The molecule has 0 aromatic rings. The molecule has 4 heteroatoms. The Morgan fingerprint density at radius 1 is 1.52 bits per heavy atom. The zero-order valence-electron chi connectivity index (χ0n) is 14.4. The first-order valence-electron chi connectivity index (χ1n) is 8.10. The number of carbonyl (C=O) groups is 2. The largest absolute Gasteiger partial charge is 0.459 e. The number of hydrogen-bond donors (Lipinski definition) is 0. The van der Waals surface area contributed by atoms with Gasteiger partial charge >= 0.3 is 5.97 Å². The lowest BCUT2D eigenvalue weighted by Gasteiger charge is -2.49. The van der Waals surface area contributed by atoms with Gasteiger partial charge in [0.25, 0.3) is 0 Å². The SMILES string of the molecule is C=C(C)C1CC2(C)C(=CC1=O)CCC(OC(=O)/C=C/SC)C2C. The second-order valence-corrected chi connectivity index (χ2v) is 7.68. The molecule has 1 fully saturated rings. The van der Waals surface area contributed by atoms with Crippen molar-refractivity contribution in [1.82, 2.24) is 0 Å². The molecule has 0 bridgehead atoms. The highest BCUT2D eigenvalue weighted by Gasteiger charge is 2.48. The van der Waals surface area contributed by atoms with Gasteiger partial charge in [-0.3, -0.25) is 4.79 Å². The second-order valence-electron chi connectivity index (χ2n) is 6.93. The quantitative estimate of drug-likeness (QED) is 0.437. The lowest BCUT2D eigenvalue weighted by molar-refractivity contribution is -0.150. The minimum atomic E-state index is -0.282. The molecule has 0 aromatic heterocycles. The van der Waals surface area contributed by atoms with Crippen LogP contribution >= 0.6 is 11.8 Å². The molecule has 0 radical (unpaired) electrons. The van der Waals surface area contributed by atoms with Crippen molar-refractivity contribution in [2.24, 2.45) is 17.3 Å².